The Labute approximate surface area is 113 Å². The van der Waals surface area contributed by atoms with Gasteiger partial charge in [-0.2, -0.15) is 0 Å². The topological polar surface area (TPSA) is 76.1 Å². The first-order chi connectivity index (χ1) is 8.40. The first-order valence-electron chi connectivity index (χ1n) is 5.81. The molecule has 1 aromatic carbocycles. The molecule has 4 nitrogen and oxygen atoms in total. The Balaban J connectivity index is 2.72. The van der Waals surface area contributed by atoms with E-state index in [2.05, 4.69) is 42.2 Å². The smallest absolute Gasteiger partial charge is 0.0652 e. The van der Waals surface area contributed by atoms with Gasteiger partial charge in [-0.3, -0.25) is 5.84 Å². The van der Waals surface area contributed by atoms with Crippen LogP contribution >= 0.6 is 11.9 Å². The van der Waals surface area contributed by atoms with Crippen LogP contribution in [0.3, 0.4) is 0 Å². The third-order valence-corrected chi connectivity index (χ3v) is 4.00. The van der Waals surface area contributed by atoms with Gasteiger partial charge in [0.25, 0.3) is 0 Å². The van der Waals surface area contributed by atoms with Crippen LogP contribution in [0.25, 0.3) is 0 Å². The van der Waals surface area contributed by atoms with E-state index in [-0.39, 0.29) is 5.54 Å². The predicted octanol–water partition coefficient (Wildman–Crippen LogP) is 1.94. The van der Waals surface area contributed by atoms with Crippen LogP contribution in [0.5, 0.6) is 0 Å². The summed E-state index contributed by atoms with van der Waals surface area (Å²) in [6.45, 7) is 8.24. The first kappa shape index (κ1) is 14.9. The molecular formula is C13H22N4S. The summed E-state index contributed by atoms with van der Waals surface area (Å²) in [5, 5.41) is 0. The molecule has 1 rings (SSSR count). The lowest BCUT2D eigenvalue weighted by Crippen LogP contribution is -2.44. The maximum absolute atomic E-state index is 5.53. The number of hydrogen-bond donors (Lipinski definition) is 4. The minimum atomic E-state index is -0.326. The molecule has 0 radical (unpaired) electrons. The second-order valence-corrected chi connectivity index (χ2v) is 5.68. The molecule has 1 aromatic rings. The van der Waals surface area contributed by atoms with Gasteiger partial charge in [-0.1, -0.05) is 6.07 Å². The van der Waals surface area contributed by atoms with Crippen molar-refractivity contribution in [3.8, 4) is 0 Å². The third-order valence-electron chi connectivity index (χ3n) is 2.90. The van der Waals surface area contributed by atoms with Gasteiger partial charge in [-0.25, -0.2) is 4.72 Å². The van der Waals surface area contributed by atoms with Crippen LogP contribution in [0.4, 0.5) is 0 Å². The molecule has 0 fully saturated rings. The molecule has 0 bridgehead atoms. The maximum atomic E-state index is 5.53. The van der Waals surface area contributed by atoms with Gasteiger partial charge in [0.05, 0.1) is 11.2 Å². The van der Waals surface area contributed by atoms with Crippen molar-refractivity contribution in [2.24, 2.45) is 11.6 Å². The van der Waals surface area contributed by atoms with Crippen LogP contribution < -0.4 is 21.7 Å². The first-order valence-corrected chi connectivity index (χ1v) is 6.62. The number of rotatable bonds is 5. The van der Waals surface area contributed by atoms with E-state index in [0.29, 0.717) is 0 Å². The highest BCUT2D eigenvalue weighted by Gasteiger charge is 2.22. The fraction of sp³-hybridized carbons (Fsp3) is 0.385. The minimum Gasteiger partial charge on any atom is -0.403 e. The molecule has 0 amide bonds. The molecule has 0 saturated heterocycles. The van der Waals surface area contributed by atoms with E-state index in [1.807, 2.05) is 13.8 Å². The van der Waals surface area contributed by atoms with E-state index >= 15 is 0 Å². The highest BCUT2D eigenvalue weighted by atomic mass is 32.2. The number of aryl methyl sites for hydroxylation is 2. The number of nitrogens with two attached hydrogens (primary N) is 2. The van der Waals surface area contributed by atoms with Gasteiger partial charge < -0.3 is 11.2 Å². The molecule has 100 valence electrons. The lowest BCUT2D eigenvalue weighted by atomic mass is 10.0. The second kappa shape index (κ2) is 6.13. The molecule has 5 heteroatoms. The Kier molecular flexibility index (Phi) is 5.07. The zero-order valence-corrected chi connectivity index (χ0v) is 12.2. The van der Waals surface area contributed by atoms with Gasteiger partial charge in [-0.05, 0) is 62.9 Å². The molecule has 0 atom stereocenters. The molecular weight excluding hydrogens is 244 g/mol. The van der Waals surface area contributed by atoms with Crippen molar-refractivity contribution in [3.05, 3.63) is 41.2 Å². The normalized spacial score (nSPS) is 12.6. The van der Waals surface area contributed by atoms with Crippen molar-refractivity contribution >= 4 is 11.9 Å². The zero-order chi connectivity index (χ0) is 13.8. The Morgan fingerprint density at radius 1 is 1.28 bits per heavy atom. The summed E-state index contributed by atoms with van der Waals surface area (Å²) in [4.78, 5) is 1.17. The lowest BCUT2D eigenvalue weighted by molar-refractivity contribution is 0.520. The van der Waals surface area contributed by atoms with Crippen molar-refractivity contribution in [1.82, 2.24) is 10.1 Å². The average molecular weight is 266 g/mol. The zero-order valence-electron chi connectivity index (χ0n) is 11.4. The van der Waals surface area contributed by atoms with Crippen molar-refractivity contribution in [1.29, 1.82) is 0 Å². The summed E-state index contributed by atoms with van der Waals surface area (Å²) in [5.41, 5.74) is 11.1. The molecule has 0 spiro atoms. The summed E-state index contributed by atoms with van der Waals surface area (Å²) in [5.74, 6) is 5.43. The molecule has 0 heterocycles. The van der Waals surface area contributed by atoms with Gasteiger partial charge in [0.15, 0.2) is 0 Å². The second-order valence-electron chi connectivity index (χ2n) is 4.80. The van der Waals surface area contributed by atoms with Crippen molar-refractivity contribution in [3.63, 3.8) is 0 Å². The Bertz CT molecular complexity index is 441. The molecule has 0 aliphatic heterocycles. The fourth-order valence-corrected chi connectivity index (χ4v) is 2.31. The van der Waals surface area contributed by atoms with Crippen LogP contribution in [0.2, 0.25) is 0 Å². The molecule has 0 aliphatic carbocycles. The molecule has 0 aromatic heterocycles. The average Bonchev–Trinajstić information content (AvgIpc) is 2.32. The van der Waals surface area contributed by atoms with Crippen LogP contribution in [0.15, 0.2) is 35.0 Å². The van der Waals surface area contributed by atoms with Gasteiger partial charge in [0.2, 0.25) is 0 Å². The lowest BCUT2D eigenvalue weighted by Gasteiger charge is -2.28. The van der Waals surface area contributed by atoms with E-state index < -0.39 is 0 Å². The summed E-state index contributed by atoms with van der Waals surface area (Å²) >= 11 is 1.57. The van der Waals surface area contributed by atoms with Gasteiger partial charge in [0, 0.05) is 11.1 Å². The summed E-state index contributed by atoms with van der Waals surface area (Å²) in [7, 11) is 0. The Morgan fingerprint density at radius 2 is 1.94 bits per heavy atom. The van der Waals surface area contributed by atoms with Crippen LogP contribution in [0.1, 0.15) is 25.0 Å². The standard InChI is InChI=1S/C13H22N4S/c1-9-5-6-11(7-10(9)2)18-17-13(3,4)12(8-14)16-15/h5-8,16-17H,14-15H2,1-4H3/b12-8-. The van der Waals surface area contributed by atoms with Crippen LogP contribution in [0, 0.1) is 13.8 Å². The van der Waals surface area contributed by atoms with Crippen LogP contribution in [-0.4, -0.2) is 5.54 Å². The van der Waals surface area contributed by atoms with E-state index in [9.17, 15) is 0 Å². The van der Waals surface area contributed by atoms with Crippen molar-refractivity contribution in [2.75, 3.05) is 0 Å². The number of hydrazine groups is 1. The van der Waals surface area contributed by atoms with E-state index in [1.54, 1.807) is 11.9 Å². The van der Waals surface area contributed by atoms with E-state index in [4.69, 9.17) is 11.6 Å². The predicted molar refractivity (Wildman–Crippen MR) is 78.6 cm³/mol. The van der Waals surface area contributed by atoms with Crippen LogP contribution in [-0.2, 0) is 0 Å². The highest BCUT2D eigenvalue weighted by molar-refractivity contribution is 7.97. The van der Waals surface area contributed by atoms with Gasteiger partial charge >= 0.3 is 0 Å². The molecule has 0 unspecified atom stereocenters. The van der Waals surface area contributed by atoms with Crippen molar-refractivity contribution in [2.45, 2.75) is 38.1 Å². The summed E-state index contributed by atoms with van der Waals surface area (Å²) < 4.78 is 3.35. The van der Waals surface area contributed by atoms with E-state index in [0.717, 1.165) is 5.70 Å². The van der Waals surface area contributed by atoms with E-state index in [1.165, 1.54) is 22.2 Å². The molecule has 18 heavy (non-hydrogen) atoms. The van der Waals surface area contributed by atoms with Gasteiger partial charge in [0.1, 0.15) is 0 Å². The molecule has 6 N–H and O–H groups in total. The minimum absolute atomic E-state index is 0.326. The molecule has 0 saturated carbocycles. The Morgan fingerprint density at radius 3 is 2.44 bits per heavy atom. The Hall–Kier alpha value is -1.17. The van der Waals surface area contributed by atoms with Crippen molar-refractivity contribution < 1.29 is 0 Å². The largest absolute Gasteiger partial charge is 0.403 e. The highest BCUT2D eigenvalue weighted by Crippen LogP contribution is 2.23. The van der Waals surface area contributed by atoms with Gasteiger partial charge in [-0.15, -0.1) is 0 Å². The third kappa shape index (κ3) is 3.66. The summed E-state index contributed by atoms with van der Waals surface area (Å²) in [6.07, 6.45) is 1.48. The number of benzene rings is 1. The SMILES string of the molecule is Cc1ccc(SNC(C)(C)/C(=C/N)NN)cc1C. The quantitative estimate of drug-likeness (QED) is 0.372. The number of hydrogen-bond acceptors (Lipinski definition) is 5. The fourth-order valence-electron chi connectivity index (χ4n) is 1.46. The number of nitrogens with one attached hydrogen (secondary N) is 2. The monoisotopic (exact) mass is 266 g/mol. The molecule has 0 aliphatic rings. The maximum Gasteiger partial charge on any atom is 0.0652 e. The summed E-state index contributed by atoms with van der Waals surface area (Å²) in [6, 6.07) is 6.37.